The molecule has 1 atom stereocenters. The number of hydrogen-bond donors (Lipinski definition) is 1. The van der Waals surface area contributed by atoms with Gasteiger partial charge in [0, 0.05) is 56.0 Å². The standard InChI is InChI=1S/C20H25N3O2/c1-15(2)23-14-17(11-19(23)24)12-21-20(25)18-7-5-16(6-8-18)13-22-9-3-4-10-22/h3-10,15,17H,11-14H2,1-2H3,(H,21,25)/t17-/m1/s1. The molecule has 5 heteroatoms. The predicted octanol–water partition coefficient (Wildman–Crippen LogP) is 2.52. The van der Waals surface area contributed by atoms with Gasteiger partial charge in [-0.25, -0.2) is 0 Å². The van der Waals surface area contributed by atoms with Crippen LogP contribution in [0.25, 0.3) is 0 Å². The molecule has 1 saturated heterocycles. The van der Waals surface area contributed by atoms with Crippen LogP contribution in [0, 0.1) is 5.92 Å². The number of rotatable bonds is 6. The first-order chi connectivity index (χ1) is 12.0. The number of likely N-dealkylation sites (tertiary alicyclic amines) is 1. The van der Waals surface area contributed by atoms with Gasteiger partial charge >= 0.3 is 0 Å². The van der Waals surface area contributed by atoms with Gasteiger partial charge in [-0.3, -0.25) is 9.59 Å². The van der Waals surface area contributed by atoms with E-state index in [-0.39, 0.29) is 23.8 Å². The second-order valence-corrected chi connectivity index (χ2v) is 6.97. The van der Waals surface area contributed by atoms with Crippen molar-refractivity contribution in [2.75, 3.05) is 13.1 Å². The van der Waals surface area contributed by atoms with Crippen LogP contribution in [-0.4, -0.2) is 40.4 Å². The van der Waals surface area contributed by atoms with Gasteiger partial charge in [0.2, 0.25) is 5.91 Å². The lowest BCUT2D eigenvalue weighted by Crippen LogP contribution is -2.34. The van der Waals surface area contributed by atoms with E-state index >= 15 is 0 Å². The highest BCUT2D eigenvalue weighted by molar-refractivity contribution is 5.94. The van der Waals surface area contributed by atoms with Crippen molar-refractivity contribution < 1.29 is 9.59 Å². The lowest BCUT2D eigenvalue weighted by atomic mass is 10.1. The Morgan fingerprint density at radius 2 is 1.88 bits per heavy atom. The summed E-state index contributed by atoms with van der Waals surface area (Å²) in [5.41, 5.74) is 1.81. The van der Waals surface area contributed by atoms with Crippen LogP contribution in [0.15, 0.2) is 48.8 Å². The van der Waals surface area contributed by atoms with Gasteiger partial charge in [-0.1, -0.05) is 12.1 Å². The summed E-state index contributed by atoms with van der Waals surface area (Å²) in [6.45, 7) is 6.11. The van der Waals surface area contributed by atoms with E-state index in [0.717, 1.165) is 18.7 Å². The van der Waals surface area contributed by atoms with Gasteiger partial charge in [0.1, 0.15) is 0 Å². The third kappa shape index (κ3) is 4.29. The molecule has 0 unspecified atom stereocenters. The number of benzene rings is 1. The van der Waals surface area contributed by atoms with E-state index in [0.29, 0.717) is 18.5 Å². The maximum absolute atomic E-state index is 12.3. The minimum absolute atomic E-state index is 0.0806. The molecule has 1 fully saturated rings. The van der Waals surface area contributed by atoms with Gasteiger partial charge in [-0.15, -0.1) is 0 Å². The molecule has 5 nitrogen and oxygen atoms in total. The molecule has 1 N–H and O–H groups in total. The Bertz CT molecular complexity index is 720. The van der Waals surface area contributed by atoms with Gasteiger partial charge < -0.3 is 14.8 Å². The molecule has 2 heterocycles. The van der Waals surface area contributed by atoms with Crippen LogP contribution in [-0.2, 0) is 11.3 Å². The molecule has 3 rings (SSSR count). The second-order valence-electron chi connectivity index (χ2n) is 6.97. The topological polar surface area (TPSA) is 54.3 Å². The van der Waals surface area contributed by atoms with E-state index < -0.39 is 0 Å². The van der Waals surface area contributed by atoms with E-state index in [1.807, 2.05) is 67.5 Å². The molecule has 1 aromatic heterocycles. The van der Waals surface area contributed by atoms with Crippen LogP contribution < -0.4 is 5.32 Å². The van der Waals surface area contributed by atoms with Crippen LogP contribution in [0.1, 0.15) is 36.2 Å². The molecule has 0 aliphatic carbocycles. The van der Waals surface area contributed by atoms with Crippen molar-refractivity contribution in [3.05, 3.63) is 59.9 Å². The fourth-order valence-electron chi connectivity index (χ4n) is 3.23. The number of aromatic nitrogens is 1. The number of amides is 2. The Kier molecular flexibility index (Phi) is 5.22. The fourth-order valence-corrected chi connectivity index (χ4v) is 3.23. The first-order valence-corrected chi connectivity index (χ1v) is 8.80. The first kappa shape index (κ1) is 17.3. The fraction of sp³-hybridized carbons (Fsp3) is 0.400. The Labute approximate surface area is 148 Å². The highest BCUT2D eigenvalue weighted by Crippen LogP contribution is 2.19. The predicted molar refractivity (Wildman–Crippen MR) is 97.3 cm³/mol. The molecule has 132 valence electrons. The SMILES string of the molecule is CC(C)N1C[C@@H](CNC(=O)c2ccc(Cn3cccc3)cc2)CC1=O. The minimum Gasteiger partial charge on any atom is -0.352 e. The molecule has 0 radical (unpaired) electrons. The number of carbonyl (C=O) groups excluding carboxylic acids is 2. The normalized spacial score (nSPS) is 17.3. The largest absolute Gasteiger partial charge is 0.352 e. The van der Waals surface area contributed by atoms with Crippen LogP contribution in [0.5, 0.6) is 0 Å². The second kappa shape index (κ2) is 7.55. The summed E-state index contributed by atoms with van der Waals surface area (Å²) >= 11 is 0. The third-order valence-corrected chi connectivity index (χ3v) is 4.66. The van der Waals surface area contributed by atoms with E-state index in [9.17, 15) is 9.59 Å². The Hall–Kier alpha value is -2.56. The summed E-state index contributed by atoms with van der Waals surface area (Å²) in [5, 5.41) is 2.96. The van der Waals surface area contributed by atoms with Crippen LogP contribution >= 0.6 is 0 Å². The van der Waals surface area contributed by atoms with E-state index in [2.05, 4.69) is 9.88 Å². The molecule has 1 aliphatic heterocycles. The molecule has 0 bridgehead atoms. The minimum atomic E-state index is -0.0806. The van der Waals surface area contributed by atoms with Gasteiger partial charge in [0.25, 0.3) is 5.91 Å². The zero-order valence-electron chi connectivity index (χ0n) is 14.8. The average molecular weight is 339 g/mol. The van der Waals surface area contributed by atoms with Crippen molar-refractivity contribution in [2.45, 2.75) is 32.9 Å². The number of nitrogens with one attached hydrogen (secondary N) is 1. The number of hydrogen-bond acceptors (Lipinski definition) is 2. The smallest absolute Gasteiger partial charge is 0.251 e. The maximum atomic E-state index is 12.3. The van der Waals surface area contributed by atoms with Gasteiger partial charge in [0.15, 0.2) is 0 Å². The summed E-state index contributed by atoms with van der Waals surface area (Å²) in [6.07, 6.45) is 4.56. The van der Waals surface area contributed by atoms with Crippen LogP contribution in [0.4, 0.5) is 0 Å². The Morgan fingerprint density at radius 1 is 1.20 bits per heavy atom. The van der Waals surface area contributed by atoms with Crippen molar-refractivity contribution in [3.8, 4) is 0 Å². The van der Waals surface area contributed by atoms with E-state index in [4.69, 9.17) is 0 Å². The summed E-state index contributed by atoms with van der Waals surface area (Å²) in [5.74, 6) is 0.304. The quantitative estimate of drug-likeness (QED) is 0.879. The van der Waals surface area contributed by atoms with Crippen molar-refractivity contribution >= 4 is 11.8 Å². The van der Waals surface area contributed by atoms with Gasteiger partial charge in [0.05, 0.1) is 0 Å². The summed E-state index contributed by atoms with van der Waals surface area (Å²) in [7, 11) is 0. The van der Waals surface area contributed by atoms with Crippen molar-refractivity contribution in [1.29, 1.82) is 0 Å². The molecule has 2 aromatic rings. The molecule has 1 aromatic carbocycles. The highest BCUT2D eigenvalue weighted by atomic mass is 16.2. The molecule has 0 saturated carbocycles. The molecule has 0 spiro atoms. The lowest BCUT2D eigenvalue weighted by Gasteiger charge is -2.21. The van der Waals surface area contributed by atoms with E-state index in [1.165, 1.54) is 0 Å². The van der Waals surface area contributed by atoms with Crippen LogP contribution in [0.2, 0.25) is 0 Å². The van der Waals surface area contributed by atoms with Crippen molar-refractivity contribution in [3.63, 3.8) is 0 Å². The van der Waals surface area contributed by atoms with E-state index in [1.54, 1.807) is 0 Å². The monoisotopic (exact) mass is 339 g/mol. The number of nitrogens with zero attached hydrogens (tertiary/aromatic N) is 2. The van der Waals surface area contributed by atoms with Gasteiger partial charge in [-0.2, -0.15) is 0 Å². The number of carbonyl (C=O) groups is 2. The van der Waals surface area contributed by atoms with Crippen molar-refractivity contribution in [2.24, 2.45) is 5.92 Å². The Morgan fingerprint density at radius 3 is 2.48 bits per heavy atom. The molecular formula is C20H25N3O2. The highest BCUT2D eigenvalue weighted by Gasteiger charge is 2.31. The van der Waals surface area contributed by atoms with Crippen LogP contribution in [0.3, 0.4) is 0 Å². The zero-order valence-corrected chi connectivity index (χ0v) is 14.8. The average Bonchev–Trinajstić information content (AvgIpc) is 3.23. The van der Waals surface area contributed by atoms with Gasteiger partial charge in [-0.05, 0) is 43.7 Å². The Balaban J connectivity index is 1.51. The summed E-state index contributed by atoms with van der Waals surface area (Å²) in [6, 6.07) is 11.9. The third-order valence-electron chi connectivity index (χ3n) is 4.66. The van der Waals surface area contributed by atoms with Crippen molar-refractivity contribution in [1.82, 2.24) is 14.8 Å². The zero-order chi connectivity index (χ0) is 17.8. The molecule has 1 aliphatic rings. The molecule has 25 heavy (non-hydrogen) atoms. The molecular weight excluding hydrogens is 314 g/mol. The lowest BCUT2D eigenvalue weighted by molar-refractivity contribution is -0.129. The summed E-state index contributed by atoms with van der Waals surface area (Å²) in [4.78, 5) is 26.1. The summed E-state index contributed by atoms with van der Waals surface area (Å²) < 4.78 is 2.09. The first-order valence-electron chi connectivity index (χ1n) is 8.80. The maximum Gasteiger partial charge on any atom is 0.251 e. The molecule has 2 amide bonds.